The van der Waals surface area contributed by atoms with Gasteiger partial charge in [-0.3, -0.25) is 14.5 Å². The number of benzene rings is 1. The summed E-state index contributed by atoms with van der Waals surface area (Å²) in [5.41, 5.74) is 0.827. The number of carbonyl (C=O) groups excluding carboxylic acids is 2. The number of hydrogen-bond donors (Lipinski definition) is 0. The number of Topliss-reactive ketones (excluding diaryl/α,β-unsaturated/α-hetero) is 1. The quantitative estimate of drug-likeness (QED) is 0.582. The third-order valence-electron chi connectivity index (χ3n) is 5.50. The SMILES string of the molecule is CCN(CC)[C@H]1CCN(C(=O)c2cc(COc3ccc(C(C)=O)cc3OC)on2)C1. The molecule has 0 saturated carbocycles. The third-order valence-corrected chi connectivity index (χ3v) is 5.50. The zero-order valence-corrected chi connectivity index (χ0v) is 18.0. The third kappa shape index (κ3) is 4.81. The van der Waals surface area contributed by atoms with E-state index in [1.54, 1.807) is 24.3 Å². The van der Waals surface area contributed by atoms with Gasteiger partial charge in [-0.05, 0) is 44.6 Å². The van der Waals surface area contributed by atoms with Crippen LogP contribution in [-0.2, 0) is 6.61 Å². The van der Waals surface area contributed by atoms with Crippen molar-refractivity contribution in [2.45, 2.75) is 39.8 Å². The van der Waals surface area contributed by atoms with Gasteiger partial charge in [0.15, 0.2) is 28.7 Å². The number of methoxy groups -OCH3 is 1. The maximum Gasteiger partial charge on any atom is 0.276 e. The topological polar surface area (TPSA) is 85.1 Å². The summed E-state index contributed by atoms with van der Waals surface area (Å²) >= 11 is 0. The summed E-state index contributed by atoms with van der Waals surface area (Å²) in [6, 6.07) is 6.99. The van der Waals surface area contributed by atoms with Gasteiger partial charge >= 0.3 is 0 Å². The number of hydrogen-bond acceptors (Lipinski definition) is 7. The average molecular weight is 415 g/mol. The number of likely N-dealkylation sites (N-methyl/N-ethyl adjacent to an activating group) is 1. The minimum Gasteiger partial charge on any atom is -0.493 e. The van der Waals surface area contributed by atoms with Crippen molar-refractivity contribution >= 4 is 11.7 Å². The molecule has 1 saturated heterocycles. The van der Waals surface area contributed by atoms with Gasteiger partial charge in [-0.2, -0.15) is 0 Å². The Morgan fingerprint density at radius 2 is 2.00 bits per heavy atom. The van der Waals surface area contributed by atoms with Crippen molar-refractivity contribution in [2.75, 3.05) is 33.3 Å². The van der Waals surface area contributed by atoms with Crippen molar-refractivity contribution in [1.82, 2.24) is 15.0 Å². The maximum atomic E-state index is 12.8. The lowest BCUT2D eigenvalue weighted by Crippen LogP contribution is -2.38. The van der Waals surface area contributed by atoms with Gasteiger partial charge in [-0.15, -0.1) is 0 Å². The lowest BCUT2D eigenvalue weighted by Gasteiger charge is -2.25. The molecular formula is C22H29N3O5. The van der Waals surface area contributed by atoms with Gasteiger partial charge in [-0.25, -0.2) is 0 Å². The lowest BCUT2D eigenvalue weighted by atomic mass is 10.1. The van der Waals surface area contributed by atoms with E-state index < -0.39 is 0 Å². The summed E-state index contributed by atoms with van der Waals surface area (Å²) in [6.45, 7) is 9.25. The van der Waals surface area contributed by atoms with Gasteiger partial charge < -0.3 is 18.9 Å². The molecule has 0 spiro atoms. The van der Waals surface area contributed by atoms with Crippen molar-refractivity contribution in [3.8, 4) is 11.5 Å². The van der Waals surface area contributed by atoms with Crippen LogP contribution < -0.4 is 9.47 Å². The van der Waals surface area contributed by atoms with Crippen LogP contribution in [0.15, 0.2) is 28.8 Å². The van der Waals surface area contributed by atoms with Crippen molar-refractivity contribution in [3.05, 3.63) is 41.3 Å². The standard InChI is InChI=1S/C22H29N3O5/c1-5-24(6-2)17-9-10-25(13-17)22(27)19-12-18(30-23-19)14-29-20-8-7-16(15(3)26)11-21(20)28-4/h7-8,11-12,17H,5-6,9-10,13-14H2,1-4H3/t17-/m0/s1. The van der Waals surface area contributed by atoms with Crippen molar-refractivity contribution in [2.24, 2.45) is 0 Å². The fourth-order valence-electron chi connectivity index (χ4n) is 3.76. The van der Waals surface area contributed by atoms with E-state index in [0.717, 1.165) is 26.1 Å². The molecule has 8 heteroatoms. The largest absolute Gasteiger partial charge is 0.493 e. The molecule has 0 radical (unpaired) electrons. The van der Waals surface area contributed by atoms with Gasteiger partial charge in [0.25, 0.3) is 5.91 Å². The molecule has 162 valence electrons. The van der Waals surface area contributed by atoms with Crippen molar-refractivity contribution in [1.29, 1.82) is 0 Å². The molecular weight excluding hydrogens is 386 g/mol. The molecule has 1 fully saturated rings. The minimum atomic E-state index is -0.122. The average Bonchev–Trinajstić information content (AvgIpc) is 3.42. The number of nitrogens with zero attached hydrogens (tertiary/aromatic N) is 3. The Balaban J connectivity index is 1.60. The Morgan fingerprint density at radius 1 is 1.23 bits per heavy atom. The second kappa shape index (κ2) is 9.75. The number of rotatable bonds is 9. The van der Waals surface area contributed by atoms with Gasteiger partial charge in [0.1, 0.15) is 6.61 Å². The van der Waals surface area contributed by atoms with Crippen LogP contribution in [0.1, 0.15) is 53.8 Å². The lowest BCUT2D eigenvalue weighted by molar-refractivity contribution is 0.0767. The first kappa shape index (κ1) is 21.8. The van der Waals surface area contributed by atoms with Crippen LogP contribution in [0.3, 0.4) is 0 Å². The summed E-state index contributed by atoms with van der Waals surface area (Å²) in [6.07, 6.45) is 0.970. The Bertz CT molecular complexity index is 891. The molecule has 8 nitrogen and oxygen atoms in total. The maximum absolute atomic E-state index is 12.8. The second-order valence-corrected chi connectivity index (χ2v) is 7.30. The Morgan fingerprint density at radius 3 is 2.67 bits per heavy atom. The van der Waals surface area contributed by atoms with Gasteiger partial charge in [0.2, 0.25) is 0 Å². The van der Waals surface area contributed by atoms with Gasteiger partial charge in [-0.1, -0.05) is 19.0 Å². The molecule has 1 aromatic heterocycles. The Kier molecular flexibility index (Phi) is 7.10. The number of likely N-dealkylation sites (tertiary alicyclic amines) is 1. The molecule has 0 aliphatic carbocycles. The van der Waals surface area contributed by atoms with E-state index in [4.69, 9.17) is 14.0 Å². The summed E-state index contributed by atoms with van der Waals surface area (Å²) < 4.78 is 16.3. The number of ketones is 1. The molecule has 1 amide bonds. The molecule has 2 heterocycles. The van der Waals surface area contributed by atoms with Crippen molar-refractivity contribution < 1.29 is 23.6 Å². The highest BCUT2D eigenvalue weighted by molar-refractivity contribution is 5.94. The second-order valence-electron chi connectivity index (χ2n) is 7.30. The van der Waals surface area contributed by atoms with E-state index >= 15 is 0 Å². The fraction of sp³-hybridized carbons (Fsp3) is 0.500. The number of carbonyl (C=O) groups is 2. The molecule has 1 aliphatic rings. The molecule has 1 atom stereocenters. The van der Waals surface area contributed by atoms with Crippen LogP contribution in [0, 0.1) is 0 Å². The zero-order valence-electron chi connectivity index (χ0n) is 18.0. The summed E-state index contributed by atoms with van der Waals surface area (Å²) in [5.74, 6) is 1.20. The first-order chi connectivity index (χ1) is 14.5. The molecule has 0 bridgehead atoms. The molecule has 0 N–H and O–H groups in total. The molecule has 1 aromatic carbocycles. The molecule has 1 aliphatic heterocycles. The molecule has 30 heavy (non-hydrogen) atoms. The highest BCUT2D eigenvalue weighted by atomic mass is 16.5. The monoisotopic (exact) mass is 415 g/mol. The highest BCUT2D eigenvalue weighted by Crippen LogP contribution is 2.29. The molecule has 0 unspecified atom stereocenters. The highest BCUT2D eigenvalue weighted by Gasteiger charge is 2.31. The Labute approximate surface area is 176 Å². The fourth-order valence-corrected chi connectivity index (χ4v) is 3.76. The predicted molar refractivity (Wildman–Crippen MR) is 111 cm³/mol. The van der Waals surface area contributed by atoms with Crippen LogP contribution >= 0.6 is 0 Å². The van der Waals surface area contributed by atoms with Gasteiger partial charge in [0, 0.05) is 30.8 Å². The zero-order chi connectivity index (χ0) is 21.7. The first-order valence-corrected chi connectivity index (χ1v) is 10.3. The van der Waals surface area contributed by atoms with Crippen LogP contribution in [-0.4, -0.2) is 66.0 Å². The van der Waals surface area contributed by atoms with Gasteiger partial charge in [0.05, 0.1) is 7.11 Å². The number of aromatic nitrogens is 1. The van der Waals surface area contributed by atoms with E-state index in [2.05, 4.69) is 23.9 Å². The van der Waals surface area contributed by atoms with E-state index in [-0.39, 0.29) is 24.0 Å². The number of ether oxygens (including phenoxy) is 2. The van der Waals surface area contributed by atoms with Crippen molar-refractivity contribution in [3.63, 3.8) is 0 Å². The van der Waals surface area contributed by atoms with Crippen LogP contribution in [0.5, 0.6) is 11.5 Å². The first-order valence-electron chi connectivity index (χ1n) is 10.3. The summed E-state index contributed by atoms with van der Waals surface area (Å²) in [4.78, 5) is 28.5. The van der Waals surface area contributed by atoms with E-state index in [0.29, 0.717) is 35.4 Å². The molecule has 2 aromatic rings. The van der Waals surface area contributed by atoms with Crippen LogP contribution in [0.2, 0.25) is 0 Å². The predicted octanol–water partition coefficient (Wildman–Crippen LogP) is 3.02. The number of amides is 1. The van der Waals surface area contributed by atoms with E-state index in [9.17, 15) is 9.59 Å². The van der Waals surface area contributed by atoms with E-state index in [1.807, 2.05) is 4.90 Å². The summed E-state index contributed by atoms with van der Waals surface area (Å²) in [5, 5.41) is 3.93. The van der Waals surface area contributed by atoms with E-state index in [1.165, 1.54) is 14.0 Å². The molecule has 3 rings (SSSR count). The minimum absolute atomic E-state index is 0.0524. The smallest absolute Gasteiger partial charge is 0.276 e. The van der Waals surface area contributed by atoms with Crippen LogP contribution in [0.4, 0.5) is 0 Å². The summed E-state index contributed by atoms with van der Waals surface area (Å²) in [7, 11) is 1.51. The Hall–Kier alpha value is -2.87. The van der Waals surface area contributed by atoms with Crippen LogP contribution in [0.25, 0.3) is 0 Å². The normalized spacial score (nSPS) is 16.2.